The first-order valence-electron chi connectivity index (χ1n) is 11.0. The summed E-state index contributed by atoms with van der Waals surface area (Å²) in [7, 11) is -3.81. The molecule has 2 aromatic carbocycles. The van der Waals surface area contributed by atoms with Crippen LogP contribution >= 0.6 is 23.2 Å². The lowest BCUT2D eigenvalue weighted by atomic mass is 10.1. The zero-order chi connectivity index (χ0) is 25.5. The highest BCUT2D eigenvalue weighted by Crippen LogP contribution is 2.25. The van der Waals surface area contributed by atoms with Gasteiger partial charge in [0.15, 0.2) is 0 Å². The van der Waals surface area contributed by atoms with Crippen molar-refractivity contribution in [1.29, 1.82) is 0 Å². The highest BCUT2D eigenvalue weighted by Gasteiger charge is 2.30. The highest BCUT2D eigenvalue weighted by molar-refractivity contribution is 7.92. The van der Waals surface area contributed by atoms with Crippen molar-refractivity contribution in [3.05, 3.63) is 63.6 Å². The maximum absolute atomic E-state index is 13.5. The van der Waals surface area contributed by atoms with E-state index in [1.165, 1.54) is 11.0 Å². The summed E-state index contributed by atoms with van der Waals surface area (Å²) in [5.74, 6) is -0.839. The Hall–Kier alpha value is -2.29. The smallest absolute Gasteiger partial charge is 0.244 e. The van der Waals surface area contributed by atoms with Crippen molar-refractivity contribution < 1.29 is 18.0 Å². The Bertz CT molecular complexity index is 1120. The second-order valence-electron chi connectivity index (χ2n) is 8.18. The number of aryl methyl sites for hydroxylation is 1. The summed E-state index contributed by atoms with van der Waals surface area (Å²) in [5, 5.41) is 3.72. The summed E-state index contributed by atoms with van der Waals surface area (Å²) in [4.78, 5) is 27.6. The van der Waals surface area contributed by atoms with Crippen LogP contribution in [0.4, 0.5) is 5.69 Å². The van der Waals surface area contributed by atoms with Gasteiger partial charge in [0.25, 0.3) is 0 Å². The molecule has 0 aromatic heterocycles. The van der Waals surface area contributed by atoms with Gasteiger partial charge < -0.3 is 10.2 Å². The summed E-state index contributed by atoms with van der Waals surface area (Å²) in [6.07, 6.45) is 2.76. The second-order valence-corrected chi connectivity index (χ2v) is 10.9. The number of benzene rings is 2. The Morgan fingerprint density at radius 1 is 1.12 bits per heavy atom. The SMILES string of the molecule is CCCCNC(=O)C(C)N(Cc1cccc(Cl)c1)C(=O)CN(c1ccc(C)c(Cl)c1)S(C)(=O)=O. The van der Waals surface area contributed by atoms with Gasteiger partial charge in [-0.15, -0.1) is 0 Å². The summed E-state index contributed by atoms with van der Waals surface area (Å²) in [5.41, 5.74) is 1.78. The van der Waals surface area contributed by atoms with Crippen LogP contribution in [0.3, 0.4) is 0 Å². The van der Waals surface area contributed by atoms with Gasteiger partial charge in [0.2, 0.25) is 21.8 Å². The number of carbonyl (C=O) groups is 2. The van der Waals surface area contributed by atoms with Gasteiger partial charge in [0, 0.05) is 23.1 Å². The predicted octanol–water partition coefficient (Wildman–Crippen LogP) is 4.40. The largest absolute Gasteiger partial charge is 0.354 e. The number of nitrogens with zero attached hydrogens (tertiary/aromatic N) is 2. The lowest BCUT2D eigenvalue weighted by Gasteiger charge is -2.31. The zero-order valence-electron chi connectivity index (χ0n) is 19.8. The molecular formula is C24H31Cl2N3O4S. The number of nitrogens with one attached hydrogen (secondary N) is 1. The fourth-order valence-corrected chi connectivity index (χ4v) is 4.53. The lowest BCUT2D eigenvalue weighted by molar-refractivity contribution is -0.139. The van der Waals surface area contributed by atoms with E-state index in [2.05, 4.69) is 5.32 Å². The van der Waals surface area contributed by atoms with Crippen molar-refractivity contribution >= 4 is 50.7 Å². The van der Waals surface area contributed by atoms with E-state index in [0.717, 1.165) is 34.5 Å². The number of halogens is 2. The number of rotatable bonds is 11. The van der Waals surface area contributed by atoms with Gasteiger partial charge in [0.05, 0.1) is 11.9 Å². The third-order valence-corrected chi connectivity index (χ3v) is 7.14. The standard InChI is InChI=1S/C24H31Cl2N3O4S/c1-5-6-12-27-24(31)18(3)28(15-19-8-7-9-20(25)13-19)23(30)16-29(34(4,32)33)21-11-10-17(2)22(26)14-21/h7-11,13-14,18H,5-6,12,15-16H2,1-4H3,(H,27,31). The molecule has 2 amide bonds. The average Bonchev–Trinajstić information content (AvgIpc) is 2.76. The molecule has 1 unspecified atom stereocenters. The first kappa shape index (κ1) is 28.0. The summed E-state index contributed by atoms with van der Waals surface area (Å²) >= 11 is 12.3. The lowest BCUT2D eigenvalue weighted by Crippen LogP contribution is -2.51. The summed E-state index contributed by atoms with van der Waals surface area (Å²) < 4.78 is 26.2. The van der Waals surface area contributed by atoms with Crippen LogP contribution in [0.15, 0.2) is 42.5 Å². The number of hydrogen-bond acceptors (Lipinski definition) is 4. The number of carbonyl (C=O) groups excluding carboxylic acids is 2. The minimum atomic E-state index is -3.81. The quantitative estimate of drug-likeness (QED) is 0.438. The number of hydrogen-bond donors (Lipinski definition) is 1. The molecule has 186 valence electrons. The maximum atomic E-state index is 13.5. The number of anilines is 1. The van der Waals surface area contributed by atoms with Gasteiger partial charge in [-0.3, -0.25) is 13.9 Å². The molecule has 0 aliphatic heterocycles. The molecule has 2 rings (SSSR count). The minimum absolute atomic E-state index is 0.0913. The van der Waals surface area contributed by atoms with Crippen LogP contribution in [0.25, 0.3) is 0 Å². The number of unbranched alkanes of at least 4 members (excludes halogenated alkanes) is 1. The fourth-order valence-electron chi connectivity index (χ4n) is 3.30. The van der Waals surface area contributed by atoms with Gasteiger partial charge >= 0.3 is 0 Å². The van der Waals surface area contributed by atoms with Gasteiger partial charge in [-0.2, -0.15) is 0 Å². The van der Waals surface area contributed by atoms with Gasteiger partial charge in [-0.1, -0.05) is 54.7 Å². The van der Waals surface area contributed by atoms with E-state index < -0.39 is 28.5 Å². The molecule has 1 N–H and O–H groups in total. The van der Waals surface area contributed by atoms with Crippen LogP contribution in [-0.2, 0) is 26.2 Å². The Morgan fingerprint density at radius 2 is 1.82 bits per heavy atom. The van der Waals surface area contributed by atoms with Crippen molar-refractivity contribution in [3.63, 3.8) is 0 Å². The number of sulfonamides is 1. The van der Waals surface area contributed by atoms with Gasteiger partial charge in [-0.05, 0) is 55.7 Å². The molecule has 0 bridgehead atoms. The molecule has 1 atom stereocenters. The van der Waals surface area contributed by atoms with E-state index in [1.807, 2.05) is 6.92 Å². The molecule has 0 saturated heterocycles. The van der Waals surface area contributed by atoms with Crippen molar-refractivity contribution in [2.45, 2.75) is 46.2 Å². The Morgan fingerprint density at radius 3 is 2.41 bits per heavy atom. The van der Waals surface area contributed by atoms with Crippen LogP contribution in [0.1, 0.15) is 37.8 Å². The molecule has 0 fully saturated rings. The Kier molecular flexibility index (Phi) is 10.2. The first-order chi connectivity index (χ1) is 15.9. The monoisotopic (exact) mass is 527 g/mol. The van der Waals surface area contributed by atoms with Gasteiger partial charge in [-0.25, -0.2) is 8.42 Å². The van der Waals surface area contributed by atoms with Crippen molar-refractivity contribution in [2.24, 2.45) is 0 Å². The molecule has 0 aliphatic rings. The van der Waals surface area contributed by atoms with E-state index in [-0.39, 0.29) is 18.1 Å². The van der Waals surface area contributed by atoms with Crippen molar-refractivity contribution in [1.82, 2.24) is 10.2 Å². The van der Waals surface area contributed by atoms with E-state index in [9.17, 15) is 18.0 Å². The van der Waals surface area contributed by atoms with Crippen molar-refractivity contribution in [2.75, 3.05) is 23.7 Å². The fraction of sp³-hybridized carbons (Fsp3) is 0.417. The second kappa shape index (κ2) is 12.4. The molecule has 7 nitrogen and oxygen atoms in total. The van der Waals surface area contributed by atoms with Crippen LogP contribution < -0.4 is 9.62 Å². The zero-order valence-corrected chi connectivity index (χ0v) is 22.2. The minimum Gasteiger partial charge on any atom is -0.354 e. The van der Waals surface area contributed by atoms with Gasteiger partial charge in [0.1, 0.15) is 12.6 Å². The van der Waals surface area contributed by atoms with Crippen LogP contribution in [0.2, 0.25) is 10.0 Å². The molecule has 0 radical (unpaired) electrons. The maximum Gasteiger partial charge on any atom is 0.244 e. The van der Waals surface area contributed by atoms with E-state index in [4.69, 9.17) is 23.2 Å². The Labute approximate surface area is 212 Å². The Balaban J connectivity index is 2.37. The topological polar surface area (TPSA) is 86.8 Å². The number of amides is 2. The molecular weight excluding hydrogens is 497 g/mol. The van der Waals surface area contributed by atoms with Crippen molar-refractivity contribution in [3.8, 4) is 0 Å². The average molecular weight is 529 g/mol. The molecule has 2 aromatic rings. The van der Waals surface area contributed by atoms with Crippen LogP contribution in [0.5, 0.6) is 0 Å². The predicted molar refractivity (Wildman–Crippen MR) is 138 cm³/mol. The third kappa shape index (κ3) is 7.89. The van der Waals surface area contributed by atoms with E-state index >= 15 is 0 Å². The third-order valence-electron chi connectivity index (χ3n) is 5.36. The van der Waals surface area contributed by atoms with E-state index in [0.29, 0.717) is 16.6 Å². The first-order valence-corrected chi connectivity index (χ1v) is 13.6. The van der Waals surface area contributed by atoms with E-state index in [1.54, 1.807) is 50.2 Å². The van der Waals surface area contributed by atoms with Crippen LogP contribution in [0, 0.1) is 6.92 Å². The molecule has 0 spiro atoms. The molecule has 0 aliphatic carbocycles. The molecule has 34 heavy (non-hydrogen) atoms. The normalized spacial score (nSPS) is 12.2. The molecule has 10 heteroatoms. The summed E-state index contributed by atoms with van der Waals surface area (Å²) in [6.45, 7) is 5.54. The van der Waals surface area contributed by atoms with Crippen LogP contribution in [-0.4, -0.2) is 50.5 Å². The highest BCUT2D eigenvalue weighted by atomic mass is 35.5. The molecule has 0 heterocycles. The summed E-state index contributed by atoms with van der Waals surface area (Å²) in [6, 6.07) is 10.9. The molecule has 0 saturated carbocycles.